The molecule has 80 valence electrons. The first-order valence-electron chi connectivity index (χ1n) is 5.21. The van der Waals surface area contributed by atoms with Crippen LogP contribution in [0.1, 0.15) is 24.1 Å². The number of aromatic nitrogens is 1. The highest BCUT2D eigenvalue weighted by Crippen LogP contribution is 2.22. The maximum Gasteiger partial charge on any atom is 0.139 e. The maximum atomic E-state index is 5.70. The molecule has 0 amide bonds. The molecule has 2 heterocycles. The molecule has 0 spiro atoms. The molecule has 0 bridgehead atoms. The molecule has 1 saturated heterocycles. The van der Waals surface area contributed by atoms with E-state index in [-0.39, 0.29) is 0 Å². The van der Waals surface area contributed by atoms with E-state index in [4.69, 9.17) is 18.0 Å². The average Bonchev–Trinajstić information content (AvgIpc) is 2.69. The molecule has 0 unspecified atom stereocenters. The number of pyridine rings is 1. The van der Waals surface area contributed by atoms with Crippen LogP contribution in [0.25, 0.3) is 0 Å². The van der Waals surface area contributed by atoms with Crippen LogP contribution < -0.4 is 10.6 Å². The van der Waals surface area contributed by atoms with E-state index in [1.165, 1.54) is 12.8 Å². The quantitative estimate of drug-likeness (QED) is 0.771. The van der Waals surface area contributed by atoms with E-state index in [0.29, 0.717) is 4.99 Å². The molecular weight excluding hydrogens is 206 g/mol. The van der Waals surface area contributed by atoms with Crippen LogP contribution in [-0.4, -0.2) is 23.1 Å². The van der Waals surface area contributed by atoms with E-state index in [1.54, 1.807) is 0 Å². The third kappa shape index (κ3) is 2.09. The Hall–Kier alpha value is -1.16. The molecular formula is C11H15N3S. The predicted octanol–water partition coefficient (Wildman–Crippen LogP) is 1.62. The van der Waals surface area contributed by atoms with Crippen LogP contribution in [0.15, 0.2) is 12.1 Å². The Morgan fingerprint density at radius 2 is 2.07 bits per heavy atom. The lowest BCUT2D eigenvalue weighted by molar-refractivity contribution is 0.927. The van der Waals surface area contributed by atoms with Crippen molar-refractivity contribution in [1.82, 2.24) is 4.98 Å². The molecule has 0 radical (unpaired) electrons. The molecule has 3 nitrogen and oxygen atoms in total. The SMILES string of the molecule is Cc1ccc(C(N)=S)c(N2CCCC2)n1. The van der Waals surface area contributed by atoms with Crippen molar-refractivity contribution in [3.05, 3.63) is 23.4 Å². The topological polar surface area (TPSA) is 42.1 Å². The van der Waals surface area contributed by atoms with Gasteiger partial charge in [0.2, 0.25) is 0 Å². The Labute approximate surface area is 95.3 Å². The minimum Gasteiger partial charge on any atom is -0.389 e. The summed E-state index contributed by atoms with van der Waals surface area (Å²) in [4.78, 5) is 7.23. The van der Waals surface area contributed by atoms with Crippen molar-refractivity contribution in [2.24, 2.45) is 5.73 Å². The zero-order chi connectivity index (χ0) is 10.8. The van der Waals surface area contributed by atoms with Crippen molar-refractivity contribution in [3.8, 4) is 0 Å². The predicted molar refractivity (Wildman–Crippen MR) is 66.3 cm³/mol. The normalized spacial score (nSPS) is 15.7. The number of hydrogen-bond acceptors (Lipinski definition) is 3. The Kier molecular flexibility index (Phi) is 2.86. The second-order valence-electron chi connectivity index (χ2n) is 3.88. The van der Waals surface area contributed by atoms with E-state index in [9.17, 15) is 0 Å². The number of nitrogens with two attached hydrogens (primary N) is 1. The van der Waals surface area contributed by atoms with Gasteiger partial charge in [0.05, 0.1) is 5.56 Å². The van der Waals surface area contributed by atoms with Crippen LogP contribution >= 0.6 is 12.2 Å². The lowest BCUT2D eigenvalue weighted by Crippen LogP contribution is -2.24. The zero-order valence-electron chi connectivity index (χ0n) is 8.86. The molecule has 1 aliphatic rings. The van der Waals surface area contributed by atoms with Gasteiger partial charge in [-0.15, -0.1) is 0 Å². The van der Waals surface area contributed by atoms with Gasteiger partial charge in [-0.3, -0.25) is 0 Å². The second-order valence-corrected chi connectivity index (χ2v) is 4.32. The largest absolute Gasteiger partial charge is 0.389 e. The average molecular weight is 221 g/mol. The van der Waals surface area contributed by atoms with E-state index < -0.39 is 0 Å². The molecule has 0 aromatic carbocycles. The lowest BCUT2D eigenvalue weighted by atomic mass is 10.2. The molecule has 1 aromatic rings. The van der Waals surface area contributed by atoms with Gasteiger partial charge in [-0.2, -0.15) is 0 Å². The Balaban J connectivity index is 2.41. The molecule has 15 heavy (non-hydrogen) atoms. The second kappa shape index (κ2) is 4.14. The van der Waals surface area contributed by atoms with E-state index in [1.807, 2.05) is 19.1 Å². The van der Waals surface area contributed by atoms with Gasteiger partial charge in [0.1, 0.15) is 10.8 Å². The molecule has 1 aromatic heterocycles. The van der Waals surface area contributed by atoms with Crippen molar-refractivity contribution in [2.45, 2.75) is 19.8 Å². The summed E-state index contributed by atoms with van der Waals surface area (Å²) < 4.78 is 0. The van der Waals surface area contributed by atoms with Gasteiger partial charge < -0.3 is 10.6 Å². The molecule has 2 N–H and O–H groups in total. The summed E-state index contributed by atoms with van der Waals surface area (Å²) >= 11 is 5.04. The summed E-state index contributed by atoms with van der Waals surface area (Å²) in [5.74, 6) is 0.958. The van der Waals surface area contributed by atoms with Crippen molar-refractivity contribution >= 4 is 23.0 Å². The smallest absolute Gasteiger partial charge is 0.139 e. The minimum atomic E-state index is 0.435. The molecule has 1 fully saturated rings. The van der Waals surface area contributed by atoms with Gasteiger partial charge in [0.15, 0.2) is 0 Å². The Morgan fingerprint density at radius 1 is 1.40 bits per heavy atom. The fraction of sp³-hybridized carbons (Fsp3) is 0.455. The van der Waals surface area contributed by atoms with Crippen LogP contribution in [0, 0.1) is 6.92 Å². The van der Waals surface area contributed by atoms with Crippen LogP contribution in [0.3, 0.4) is 0 Å². The summed E-state index contributed by atoms with van der Waals surface area (Å²) in [6.07, 6.45) is 2.46. The molecule has 2 rings (SSSR count). The van der Waals surface area contributed by atoms with Crippen molar-refractivity contribution in [1.29, 1.82) is 0 Å². The Bertz CT molecular complexity index is 383. The van der Waals surface area contributed by atoms with Crippen LogP contribution in [-0.2, 0) is 0 Å². The summed E-state index contributed by atoms with van der Waals surface area (Å²) in [6, 6.07) is 3.92. The molecule has 0 saturated carbocycles. The number of rotatable bonds is 2. The summed E-state index contributed by atoms with van der Waals surface area (Å²) in [7, 11) is 0. The monoisotopic (exact) mass is 221 g/mol. The molecule has 4 heteroatoms. The third-order valence-corrected chi connectivity index (χ3v) is 2.91. The number of hydrogen-bond donors (Lipinski definition) is 1. The van der Waals surface area contributed by atoms with Crippen LogP contribution in [0.2, 0.25) is 0 Å². The standard InChI is InChI=1S/C11H15N3S/c1-8-4-5-9(10(12)15)11(13-8)14-6-2-3-7-14/h4-5H,2-3,6-7H2,1H3,(H2,12,15). The van der Waals surface area contributed by atoms with Gasteiger partial charge in [-0.1, -0.05) is 12.2 Å². The number of aryl methyl sites for hydroxylation is 1. The van der Waals surface area contributed by atoms with Crippen LogP contribution in [0.4, 0.5) is 5.82 Å². The maximum absolute atomic E-state index is 5.70. The van der Waals surface area contributed by atoms with Crippen molar-refractivity contribution in [2.75, 3.05) is 18.0 Å². The van der Waals surface area contributed by atoms with Gasteiger partial charge in [-0.25, -0.2) is 4.98 Å². The fourth-order valence-corrected chi connectivity index (χ4v) is 2.06. The number of nitrogens with zero attached hydrogens (tertiary/aromatic N) is 2. The van der Waals surface area contributed by atoms with E-state index in [2.05, 4.69) is 9.88 Å². The first-order chi connectivity index (χ1) is 7.18. The molecule has 0 aliphatic carbocycles. The fourth-order valence-electron chi connectivity index (χ4n) is 1.91. The van der Waals surface area contributed by atoms with Gasteiger partial charge in [0, 0.05) is 18.8 Å². The van der Waals surface area contributed by atoms with Gasteiger partial charge in [-0.05, 0) is 31.9 Å². The van der Waals surface area contributed by atoms with E-state index in [0.717, 1.165) is 30.2 Å². The van der Waals surface area contributed by atoms with Gasteiger partial charge in [0.25, 0.3) is 0 Å². The van der Waals surface area contributed by atoms with Gasteiger partial charge >= 0.3 is 0 Å². The minimum absolute atomic E-state index is 0.435. The third-order valence-electron chi connectivity index (χ3n) is 2.69. The number of thiocarbonyl (C=S) groups is 1. The van der Waals surface area contributed by atoms with Crippen LogP contribution in [0.5, 0.6) is 0 Å². The molecule has 1 aliphatic heterocycles. The molecule has 0 atom stereocenters. The lowest BCUT2D eigenvalue weighted by Gasteiger charge is -2.19. The first kappa shape index (κ1) is 10.4. The summed E-state index contributed by atoms with van der Waals surface area (Å²) in [5.41, 5.74) is 7.61. The van der Waals surface area contributed by atoms with Crippen molar-refractivity contribution in [3.63, 3.8) is 0 Å². The van der Waals surface area contributed by atoms with E-state index >= 15 is 0 Å². The summed E-state index contributed by atoms with van der Waals surface area (Å²) in [6.45, 7) is 4.11. The number of anilines is 1. The highest BCUT2D eigenvalue weighted by molar-refractivity contribution is 7.80. The zero-order valence-corrected chi connectivity index (χ0v) is 9.68. The Morgan fingerprint density at radius 3 is 2.67 bits per heavy atom. The summed E-state index contributed by atoms with van der Waals surface area (Å²) in [5, 5.41) is 0. The van der Waals surface area contributed by atoms with Crippen molar-refractivity contribution < 1.29 is 0 Å². The first-order valence-corrected chi connectivity index (χ1v) is 5.62. The highest BCUT2D eigenvalue weighted by atomic mass is 32.1. The highest BCUT2D eigenvalue weighted by Gasteiger charge is 2.18.